The summed E-state index contributed by atoms with van der Waals surface area (Å²) in [5.74, 6) is 0.702. The molecule has 2 N–H and O–H groups in total. The van der Waals surface area contributed by atoms with Crippen LogP contribution in [0.4, 0.5) is 0 Å². The lowest BCUT2D eigenvalue weighted by Crippen LogP contribution is -2.36. The van der Waals surface area contributed by atoms with E-state index in [1.165, 1.54) is 19.3 Å². The van der Waals surface area contributed by atoms with E-state index in [2.05, 4.69) is 6.92 Å². The van der Waals surface area contributed by atoms with E-state index in [1.54, 1.807) is 0 Å². The minimum atomic E-state index is 0.107. The van der Waals surface area contributed by atoms with Crippen LogP contribution in [0.2, 0.25) is 0 Å². The molecule has 2 unspecified atom stereocenters. The Labute approximate surface area is 103 Å². The molecule has 1 amide bonds. The molecule has 98 valence electrons. The van der Waals surface area contributed by atoms with Crippen molar-refractivity contribution in [2.75, 3.05) is 19.7 Å². The molecule has 4 heteroatoms. The van der Waals surface area contributed by atoms with Gasteiger partial charge in [0.2, 0.25) is 5.91 Å². The second-order valence-corrected chi connectivity index (χ2v) is 5.50. The summed E-state index contributed by atoms with van der Waals surface area (Å²) in [6, 6.07) is 0.160. The van der Waals surface area contributed by atoms with Crippen LogP contribution in [-0.2, 0) is 9.53 Å². The minimum absolute atomic E-state index is 0.107. The van der Waals surface area contributed by atoms with Gasteiger partial charge < -0.3 is 15.4 Å². The van der Waals surface area contributed by atoms with E-state index in [0.717, 1.165) is 19.4 Å². The zero-order chi connectivity index (χ0) is 12.3. The highest BCUT2D eigenvalue weighted by molar-refractivity contribution is 5.77. The first-order valence-corrected chi connectivity index (χ1v) is 6.82. The molecule has 2 fully saturated rings. The number of amides is 1. The van der Waals surface area contributed by atoms with Gasteiger partial charge in [0.05, 0.1) is 6.10 Å². The zero-order valence-electron chi connectivity index (χ0n) is 10.7. The quantitative estimate of drug-likeness (QED) is 0.805. The standard InChI is InChI=1S/C13H24N2O2/c1-10-4-2-3-5-12(10)17-9-13(16)15-7-6-11(14)8-15/h10-12H,2-9,14H2,1H3/t10?,11-,12?/m0/s1. The van der Waals surface area contributed by atoms with Crippen molar-refractivity contribution < 1.29 is 9.53 Å². The van der Waals surface area contributed by atoms with Gasteiger partial charge in [-0.25, -0.2) is 0 Å². The average Bonchev–Trinajstić information content (AvgIpc) is 2.74. The van der Waals surface area contributed by atoms with Crippen LogP contribution in [0.15, 0.2) is 0 Å². The Kier molecular flexibility index (Phi) is 4.40. The predicted molar refractivity (Wildman–Crippen MR) is 66.5 cm³/mol. The molecule has 1 saturated carbocycles. The smallest absolute Gasteiger partial charge is 0.248 e. The molecule has 1 heterocycles. The van der Waals surface area contributed by atoms with Crippen molar-refractivity contribution in [2.24, 2.45) is 11.7 Å². The maximum atomic E-state index is 11.9. The fourth-order valence-electron chi connectivity index (χ4n) is 2.81. The van der Waals surface area contributed by atoms with Crippen LogP contribution in [0.3, 0.4) is 0 Å². The first-order chi connectivity index (χ1) is 8.16. The summed E-state index contributed by atoms with van der Waals surface area (Å²) in [4.78, 5) is 13.7. The molecule has 1 saturated heterocycles. The van der Waals surface area contributed by atoms with Gasteiger partial charge in [-0.1, -0.05) is 19.8 Å². The lowest BCUT2D eigenvalue weighted by atomic mass is 9.88. The number of ether oxygens (including phenoxy) is 1. The first-order valence-electron chi connectivity index (χ1n) is 6.82. The third-order valence-corrected chi connectivity index (χ3v) is 4.03. The molecular weight excluding hydrogens is 216 g/mol. The van der Waals surface area contributed by atoms with Crippen molar-refractivity contribution >= 4 is 5.91 Å². The van der Waals surface area contributed by atoms with Crippen LogP contribution in [0.5, 0.6) is 0 Å². The lowest BCUT2D eigenvalue weighted by molar-refractivity contribution is -0.139. The van der Waals surface area contributed by atoms with E-state index >= 15 is 0 Å². The second-order valence-electron chi connectivity index (χ2n) is 5.50. The summed E-state index contributed by atoms with van der Waals surface area (Å²) in [5.41, 5.74) is 5.79. The fourth-order valence-corrected chi connectivity index (χ4v) is 2.81. The van der Waals surface area contributed by atoms with Crippen LogP contribution < -0.4 is 5.73 Å². The number of carbonyl (C=O) groups is 1. The van der Waals surface area contributed by atoms with E-state index < -0.39 is 0 Å². The summed E-state index contributed by atoms with van der Waals surface area (Å²) in [6.07, 6.45) is 6.07. The molecule has 0 aromatic heterocycles. The zero-order valence-corrected chi connectivity index (χ0v) is 10.7. The van der Waals surface area contributed by atoms with Gasteiger partial charge >= 0.3 is 0 Å². The summed E-state index contributed by atoms with van der Waals surface area (Å²) in [6.45, 7) is 3.95. The molecular formula is C13H24N2O2. The molecule has 2 aliphatic rings. The highest BCUT2D eigenvalue weighted by Gasteiger charge is 2.26. The van der Waals surface area contributed by atoms with E-state index in [1.807, 2.05) is 4.90 Å². The van der Waals surface area contributed by atoms with Crippen molar-refractivity contribution in [1.29, 1.82) is 0 Å². The number of rotatable bonds is 3. The SMILES string of the molecule is CC1CCCCC1OCC(=O)N1CC[C@H](N)C1. The highest BCUT2D eigenvalue weighted by Crippen LogP contribution is 2.26. The number of likely N-dealkylation sites (tertiary alicyclic amines) is 1. The minimum Gasteiger partial charge on any atom is -0.368 e. The van der Waals surface area contributed by atoms with Crippen molar-refractivity contribution in [3.63, 3.8) is 0 Å². The summed E-state index contributed by atoms with van der Waals surface area (Å²) >= 11 is 0. The Morgan fingerprint density at radius 3 is 2.76 bits per heavy atom. The van der Waals surface area contributed by atoms with Crippen molar-refractivity contribution in [3.8, 4) is 0 Å². The van der Waals surface area contributed by atoms with Crippen LogP contribution >= 0.6 is 0 Å². The van der Waals surface area contributed by atoms with E-state index in [4.69, 9.17) is 10.5 Å². The molecule has 0 radical (unpaired) electrons. The summed E-state index contributed by atoms with van der Waals surface area (Å²) in [7, 11) is 0. The van der Waals surface area contributed by atoms with Gasteiger partial charge in [-0.05, 0) is 25.2 Å². The third-order valence-electron chi connectivity index (χ3n) is 4.03. The van der Waals surface area contributed by atoms with Crippen LogP contribution in [0, 0.1) is 5.92 Å². The van der Waals surface area contributed by atoms with E-state index in [0.29, 0.717) is 12.5 Å². The van der Waals surface area contributed by atoms with Gasteiger partial charge in [-0.15, -0.1) is 0 Å². The summed E-state index contributed by atoms with van der Waals surface area (Å²) in [5, 5.41) is 0. The molecule has 4 nitrogen and oxygen atoms in total. The Hall–Kier alpha value is -0.610. The number of hydrogen-bond donors (Lipinski definition) is 1. The van der Waals surface area contributed by atoms with Crippen LogP contribution in [0.25, 0.3) is 0 Å². The van der Waals surface area contributed by atoms with Gasteiger partial charge in [0.25, 0.3) is 0 Å². The first kappa shape index (κ1) is 12.8. The monoisotopic (exact) mass is 240 g/mol. The molecule has 2 rings (SSSR count). The van der Waals surface area contributed by atoms with Gasteiger partial charge in [0.15, 0.2) is 0 Å². The Morgan fingerprint density at radius 2 is 2.12 bits per heavy atom. The van der Waals surface area contributed by atoms with Crippen LogP contribution in [0.1, 0.15) is 39.0 Å². The topological polar surface area (TPSA) is 55.6 Å². The molecule has 0 bridgehead atoms. The van der Waals surface area contributed by atoms with Crippen molar-refractivity contribution in [1.82, 2.24) is 4.90 Å². The molecule has 0 aromatic rings. The number of carbonyl (C=O) groups excluding carboxylic acids is 1. The van der Waals surface area contributed by atoms with Crippen LogP contribution in [-0.4, -0.2) is 42.6 Å². The maximum Gasteiger partial charge on any atom is 0.248 e. The molecule has 1 aliphatic carbocycles. The third kappa shape index (κ3) is 3.42. The Bertz CT molecular complexity index is 270. The Morgan fingerprint density at radius 1 is 1.35 bits per heavy atom. The molecule has 0 aromatic carbocycles. The average molecular weight is 240 g/mol. The second kappa shape index (κ2) is 5.83. The number of hydrogen-bond acceptors (Lipinski definition) is 3. The predicted octanol–water partition coefficient (Wildman–Crippen LogP) is 1.14. The number of nitrogens with two attached hydrogens (primary N) is 1. The lowest BCUT2D eigenvalue weighted by Gasteiger charge is -2.29. The normalized spacial score (nSPS) is 34.0. The maximum absolute atomic E-state index is 11.9. The van der Waals surface area contributed by atoms with Crippen molar-refractivity contribution in [2.45, 2.75) is 51.2 Å². The fraction of sp³-hybridized carbons (Fsp3) is 0.923. The van der Waals surface area contributed by atoms with E-state index in [-0.39, 0.29) is 24.7 Å². The molecule has 0 spiro atoms. The van der Waals surface area contributed by atoms with Gasteiger partial charge in [0, 0.05) is 19.1 Å². The van der Waals surface area contributed by atoms with Crippen molar-refractivity contribution in [3.05, 3.63) is 0 Å². The largest absolute Gasteiger partial charge is 0.368 e. The highest BCUT2D eigenvalue weighted by atomic mass is 16.5. The molecule has 3 atom stereocenters. The summed E-state index contributed by atoms with van der Waals surface area (Å²) < 4.78 is 5.77. The number of nitrogens with zero attached hydrogens (tertiary/aromatic N) is 1. The Balaban J connectivity index is 1.72. The van der Waals surface area contributed by atoms with E-state index in [9.17, 15) is 4.79 Å². The molecule has 1 aliphatic heterocycles. The van der Waals surface area contributed by atoms with Gasteiger partial charge in [0.1, 0.15) is 6.61 Å². The molecule has 17 heavy (non-hydrogen) atoms. The van der Waals surface area contributed by atoms with Gasteiger partial charge in [-0.3, -0.25) is 4.79 Å². The van der Waals surface area contributed by atoms with Gasteiger partial charge in [-0.2, -0.15) is 0 Å².